The second-order valence-electron chi connectivity index (χ2n) is 5.24. The van der Waals surface area contributed by atoms with Crippen molar-refractivity contribution < 1.29 is 19.8 Å². The van der Waals surface area contributed by atoms with Crippen LogP contribution < -0.4 is 10.6 Å². The number of benzene rings is 2. The highest BCUT2D eigenvalue weighted by Gasteiger charge is 2.21. The smallest absolute Gasteiger partial charge is 0.414 e. The Morgan fingerprint density at radius 2 is 1.60 bits per heavy atom. The lowest BCUT2D eigenvalue weighted by Crippen LogP contribution is -2.31. The van der Waals surface area contributed by atoms with Gasteiger partial charge in [0.15, 0.2) is 5.96 Å². The van der Waals surface area contributed by atoms with Crippen molar-refractivity contribution in [2.24, 2.45) is 4.99 Å². The number of nitrogens with zero attached hydrogens (tertiary/aromatic N) is 1. The first-order chi connectivity index (χ1) is 12.0. The van der Waals surface area contributed by atoms with Gasteiger partial charge in [-0.05, 0) is 17.2 Å². The van der Waals surface area contributed by atoms with Crippen LogP contribution in [0.2, 0.25) is 0 Å². The SMILES string of the molecule is CN=C1NCC(c2ccccc2)c2ccccc2N1.O=C(O)C(=O)O. The number of aliphatic imine (C=N–C) groups is 1. The van der Waals surface area contributed by atoms with E-state index in [-0.39, 0.29) is 0 Å². The molecule has 0 fully saturated rings. The van der Waals surface area contributed by atoms with Gasteiger partial charge < -0.3 is 20.8 Å². The number of rotatable bonds is 1. The average molecular weight is 341 g/mol. The van der Waals surface area contributed by atoms with E-state index in [9.17, 15) is 0 Å². The highest BCUT2D eigenvalue weighted by Crippen LogP contribution is 2.31. The molecule has 4 N–H and O–H groups in total. The van der Waals surface area contributed by atoms with Crippen LogP contribution >= 0.6 is 0 Å². The van der Waals surface area contributed by atoms with Crippen LogP contribution in [0, 0.1) is 0 Å². The van der Waals surface area contributed by atoms with E-state index in [1.54, 1.807) is 7.05 Å². The Labute approximate surface area is 145 Å². The van der Waals surface area contributed by atoms with Gasteiger partial charge in [-0.2, -0.15) is 0 Å². The number of hydrogen-bond donors (Lipinski definition) is 4. The number of carbonyl (C=O) groups is 2. The molecule has 0 spiro atoms. The molecule has 1 heterocycles. The van der Waals surface area contributed by atoms with Gasteiger partial charge in [0.1, 0.15) is 0 Å². The van der Waals surface area contributed by atoms with E-state index in [0.717, 1.165) is 18.2 Å². The number of nitrogens with one attached hydrogen (secondary N) is 2. The van der Waals surface area contributed by atoms with E-state index in [0.29, 0.717) is 5.92 Å². The van der Waals surface area contributed by atoms with Crippen LogP contribution in [0.3, 0.4) is 0 Å². The number of anilines is 1. The molecular formula is C18H19N3O4. The number of carboxylic acid groups (broad SMARTS) is 2. The highest BCUT2D eigenvalue weighted by molar-refractivity contribution is 6.27. The van der Waals surface area contributed by atoms with Crippen molar-refractivity contribution in [1.82, 2.24) is 5.32 Å². The molecular weight excluding hydrogens is 322 g/mol. The van der Waals surface area contributed by atoms with Crippen molar-refractivity contribution >= 4 is 23.6 Å². The molecule has 2 aromatic carbocycles. The third-order valence-electron chi connectivity index (χ3n) is 3.67. The van der Waals surface area contributed by atoms with Gasteiger partial charge in [-0.1, -0.05) is 48.5 Å². The molecule has 1 atom stereocenters. The van der Waals surface area contributed by atoms with Crippen LogP contribution in [0.25, 0.3) is 0 Å². The summed E-state index contributed by atoms with van der Waals surface area (Å²) in [6, 6.07) is 19.0. The summed E-state index contributed by atoms with van der Waals surface area (Å²) in [7, 11) is 1.79. The standard InChI is InChI=1S/C16H17N3.C2H2O4/c1-17-16-18-11-14(12-7-3-2-4-8-12)13-9-5-6-10-15(13)19-16;3-1(4)2(5)6/h2-10,14H,11H2,1H3,(H2,17,18,19);(H,3,4)(H,5,6). The zero-order chi connectivity index (χ0) is 18.2. The van der Waals surface area contributed by atoms with Gasteiger partial charge in [-0.15, -0.1) is 0 Å². The molecule has 130 valence electrons. The molecule has 25 heavy (non-hydrogen) atoms. The summed E-state index contributed by atoms with van der Waals surface area (Å²) in [5, 5.41) is 21.5. The lowest BCUT2D eigenvalue weighted by molar-refractivity contribution is -0.159. The minimum Gasteiger partial charge on any atom is -0.473 e. The molecule has 0 bridgehead atoms. The fourth-order valence-electron chi connectivity index (χ4n) is 2.51. The summed E-state index contributed by atoms with van der Waals surface area (Å²) in [6.07, 6.45) is 0. The van der Waals surface area contributed by atoms with E-state index in [2.05, 4.69) is 64.2 Å². The highest BCUT2D eigenvalue weighted by atomic mass is 16.4. The van der Waals surface area contributed by atoms with Crippen molar-refractivity contribution in [3.8, 4) is 0 Å². The minimum absolute atomic E-state index is 0.337. The first kappa shape index (κ1) is 18.0. The maximum atomic E-state index is 9.10. The van der Waals surface area contributed by atoms with Gasteiger partial charge >= 0.3 is 11.9 Å². The van der Waals surface area contributed by atoms with E-state index < -0.39 is 11.9 Å². The number of para-hydroxylation sites is 1. The Morgan fingerprint density at radius 1 is 1.00 bits per heavy atom. The van der Waals surface area contributed by atoms with Crippen LogP contribution in [0.4, 0.5) is 5.69 Å². The molecule has 7 nitrogen and oxygen atoms in total. The minimum atomic E-state index is -1.82. The van der Waals surface area contributed by atoms with Crippen LogP contribution in [-0.2, 0) is 9.59 Å². The maximum Gasteiger partial charge on any atom is 0.414 e. The molecule has 1 aliphatic rings. The third-order valence-corrected chi connectivity index (χ3v) is 3.67. The second-order valence-corrected chi connectivity index (χ2v) is 5.24. The molecule has 1 unspecified atom stereocenters. The molecule has 3 rings (SSSR count). The predicted octanol–water partition coefficient (Wildman–Crippen LogP) is 1.97. The van der Waals surface area contributed by atoms with E-state index in [1.165, 1.54) is 11.1 Å². The molecule has 0 amide bonds. The monoisotopic (exact) mass is 341 g/mol. The van der Waals surface area contributed by atoms with Crippen LogP contribution in [0.5, 0.6) is 0 Å². The summed E-state index contributed by atoms with van der Waals surface area (Å²) >= 11 is 0. The molecule has 2 aromatic rings. The molecule has 7 heteroatoms. The quantitative estimate of drug-likeness (QED) is 0.590. The summed E-state index contributed by atoms with van der Waals surface area (Å²) in [5.41, 5.74) is 3.75. The van der Waals surface area contributed by atoms with Crippen molar-refractivity contribution in [1.29, 1.82) is 0 Å². The van der Waals surface area contributed by atoms with Crippen LogP contribution in [0.1, 0.15) is 17.0 Å². The van der Waals surface area contributed by atoms with Crippen LogP contribution in [0.15, 0.2) is 59.6 Å². The molecule has 0 aliphatic carbocycles. The van der Waals surface area contributed by atoms with Crippen molar-refractivity contribution in [3.05, 3.63) is 65.7 Å². The number of fused-ring (bicyclic) bond motifs is 1. The largest absolute Gasteiger partial charge is 0.473 e. The fourth-order valence-corrected chi connectivity index (χ4v) is 2.51. The fraction of sp³-hybridized carbons (Fsp3) is 0.167. The maximum absolute atomic E-state index is 9.10. The van der Waals surface area contributed by atoms with Crippen molar-refractivity contribution in [2.75, 3.05) is 18.9 Å². The average Bonchev–Trinajstić information content (AvgIpc) is 2.82. The Balaban J connectivity index is 0.000000326. The van der Waals surface area contributed by atoms with Gasteiger partial charge in [0.25, 0.3) is 0 Å². The first-order valence-electron chi connectivity index (χ1n) is 7.60. The zero-order valence-electron chi connectivity index (χ0n) is 13.6. The van der Waals surface area contributed by atoms with Crippen molar-refractivity contribution in [3.63, 3.8) is 0 Å². The van der Waals surface area contributed by atoms with Crippen molar-refractivity contribution in [2.45, 2.75) is 5.92 Å². The number of carboxylic acids is 2. The molecule has 0 saturated heterocycles. The topological polar surface area (TPSA) is 111 Å². The number of guanidine groups is 1. The Kier molecular flexibility index (Phi) is 6.11. The third kappa shape index (κ3) is 4.81. The predicted molar refractivity (Wildman–Crippen MR) is 95.0 cm³/mol. The van der Waals surface area contributed by atoms with Gasteiger partial charge in [-0.25, -0.2) is 9.59 Å². The molecule has 1 aliphatic heterocycles. The summed E-state index contributed by atoms with van der Waals surface area (Å²) in [4.78, 5) is 22.4. The number of hydrogen-bond acceptors (Lipinski definition) is 3. The van der Waals surface area contributed by atoms with Gasteiger partial charge in [-0.3, -0.25) is 4.99 Å². The summed E-state index contributed by atoms with van der Waals surface area (Å²) in [5.74, 6) is -2.49. The van der Waals surface area contributed by atoms with Gasteiger partial charge in [0.2, 0.25) is 0 Å². The summed E-state index contributed by atoms with van der Waals surface area (Å²) < 4.78 is 0. The molecule has 0 aromatic heterocycles. The molecule has 0 radical (unpaired) electrons. The second kappa shape index (κ2) is 8.49. The van der Waals surface area contributed by atoms with Gasteiger partial charge in [0.05, 0.1) is 0 Å². The Hall–Kier alpha value is -3.35. The Morgan fingerprint density at radius 3 is 2.20 bits per heavy atom. The van der Waals surface area contributed by atoms with E-state index >= 15 is 0 Å². The zero-order valence-corrected chi connectivity index (χ0v) is 13.6. The lowest BCUT2D eigenvalue weighted by atomic mass is 9.90. The Bertz CT molecular complexity index is 763. The molecule has 0 saturated carbocycles. The first-order valence-corrected chi connectivity index (χ1v) is 7.60. The number of aliphatic carboxylic acids is 2. The lowest BCUT2D eigenvalue weighted by Gasteiger charge is -2.17. The normalized spacial score (nSPS) is 17.0. The summed E-state index contributed by atoms with van der Waals surface area (Å²) in [6.45, 7) is 0.848. The van der Waals surface area contributed by atoms with Crippen LogP contribution in [-0.4, -0.2) is 41.7 Å². The van der Waals surface area contributed by atoms with E-state index in [4.69, 9.17) is 19.8 Å². The van der Waals surface area contributed by atoms with E-state index in [1.807, 2.05) is 6.07 Å². The van der Waals surface area contributed by atoms with Gasteiger partial charge in [0, 0.05) is 25.2 Å².